The van der Waals surface area contributed by atoms with E-state index in [1.165, 1.54) is 0 Å². The van der Waals surface area contributed by atoms with Crippen molar-refractivity contribution in [1.29, 1.82) is 0 Å². The number of carbonyl (C=O) groups is 2. The van der Waals surface area contributed by atoms with E-state index in [0.717, 1.165) is 23.2 Å². The van der Waals surface area contributed by atoms with Crippen molar-refractivity contribution in [2.75, 3.05) is 6.61 Å². The molecule has 0 bridgehead atoms. The van der Waals surface area contributed by atoms with Gasteiger partial charge in [0.2, 0.25) is 0 Å². The number of aryl methyl sites for hydroxylation is 2. The molecule has 0 saturated heterocycles. The van der Waals surface area contributed by atoms with Crippen LogP contribution in [0.1, 0.15) is 48.2 Å². The van der Waals surface area contributed by atoms with Crippen LogP contribution >= 0.6 is 0 Å². The maximum Gasteiger partial charge on any atom is 0.309 e. The molecule has 0 heterocycles. The number of hydrogen-bond acceptors (Lipinski definition) is 3. The lowest BCUT2D eigenvalue weighted by Gasteiger charge is -2.19. The van der Waals surface area contributed by atoms with E-state index in [0.29, 0.717) is 25.0 Å². The first kappa shape index (κ1) is 16.2. The van der Waals surface area contributed by atoms with E-state index in [9.17, 15) is 9.59 Å². The molecule has 1 aromatic rings. The van der Waals surface area contributed by atoms with Gasteiger partial charge in [-0.25, -0.2) is 0 Å². The molecule has 0 spiro atoms. The Morgan fingerprint density at radius 3 is 2.50 bits per heavy atom. The van der Waals surface area contributed by atoms with E-state index in [1.807, 2.05) is 19.9 Å². The molecule has 4 nitrogen and oxygen atoms in total. The van der Waals surface area contributed by atoms with Crippen LogP contribution in [0.4, 0.5) is 0 Å². The van der Waals surface area contributed by atoms with Gasteiger partial charge in [0, 0.05) is 5.56 Å². The first-order chi connectivity index (χ1) is 9.27. The number of benzene rings is 1. The van der Waals surface area contributed by atoms with E-state index in [4.69, 9.17) is 9.84 Å². The zero-order valence-corrected chi connectivity index (χ0v) is 12.5. The number of ether oxygens (including phenoxy) is 1. The lowest BCUT2D eigenvalue weighted by Crippen LogP contribution is -2.24. The van der Waals surface area contributed by atoms with Crippen molar-refractivity contribution in [3.63, 3.8) is 0 Å². The Hall–Kier alpha value is -1.84. The molecule has 0 unspecified atom stereocenters. The molecule has 0 radical (unpaired) electrons. The van der Waals surface area contributed by atoms with E-state index < -0.39 is 11.4 Å². The van der Waals surface area contributed by atoms with Gasteiger partial charge in [-0.3, -0.25) is 9.59 Å². The van der Waals surface area contributed by atoms with Gasteiger partial charge >= 0.3 is 5.97 Å². The van der Waals surface area contributed by atoms with Crippen LogP contribution in [0.25, 0.3) is 0 Å². The molecule has 0 saturated carbocycles. The summed E-state index contributed by atoms with van der Waals surface area (Å²) in [5.74, 6) is -0.0407. The number of aldehydes is 1. The number of hydrogen-bond donors (Lipinski definition) is 1. The third-order valence-corrected chi connectivity index (χ3v) is 3.47. The van der Waals surface area contributed by atoms with Crippen LogP contribution in [0.2, 0.25) is 0 Å². The van der Waals surface area contributed by atoms with Crippen LogP contribution < -0.4 is 4.74 Å². The molecule has 0 atom stereocenters. The summed E-state index contributed by atoms with van der Waals surface area (Å²) in [4.78, 5) is 21.8. The second kappa shape index (κ2) is 6.55. The molecule has 0 fully saturated rings. The Balaban J connectivity index is 2.57. The lowest BCUT2D eigenvalue weighted by molar-refractivity contribution is -0.147. The third kappa shape index (κ3) is 4.08. The zero-order valence-electron chi connectivity index (χ0n) is 12.5. The molecule has 20 heavy (non-hydrogen) atoms. The standard InChI is InChI=1S/C16H22O4/c1-11-9-14(12(2)8-13(11)10-17)20-7-5-6-16(3,4)15(18)19/h8-10H,5-7H2,1-4H3,(H,18,19). The fourth-order valence-corrected chi connectivity index (χ4v) is 1.90. The summed E-state index contributed by atoms with van der Waals surface area (Å²) in [6.45, 7) is 7.65. The van der Waals surface area contributed by atoms with E-state index in [2.05, 4.69) is 0 Å². The van der Waals surface area contributed by atoms with Crippen LogP contribution in [-0.4, -0.2) is 24.0 Å². The van der Waals surface area contributed by atoms with Crippen molar-refractivity contribution in [3.05, 3.63) is 28.8 Å². The molecule has 1 N–H and O–H groups in total. The van der Waals surface area contributed by atoms with Crippen LogP contribution in [0.15, 0.2) is 12.1 Å². The third-order valence-electron chi connectivity index (χ3n) is 3.47. The van der Waals surface area contributed by atoms with Gasteiger partial charge in [-0.1, -0.05) is 0 Å². The summed E-state index contributed by atoms with van der Waals surface area (Å²) in [5, 5.41) is 9.02. The Morgan fingerprint density at radius 1 is 1.30 bits per heavy atom. The molecule has 0 aromatic heterocycles. The fourth-order valence-electron chi connectivity index (χ4n) is 1.90. The van der Waals surface area contributed by atoms with Crippen molar-refractivity contribution in [3.8, 4) is 5.75 Å². The van der Waals surface area contributed by atoms with Crippen molar-refractivity contribution >= 4 is 12.3 Å². The van der Waals surface area contributed by atoms with Gasteiger partial charge in [-0.2, -0.15) is 0 Å². The summed E-state index contributed by atoms with van der Waals surface area (Å²) in [5.41, 5.74) is 1.74. The Bertz CT molecular complexity index is 503. The molecule has 4 heteroatoms. The minimum absolute atomic E-state index is 0.470. The van der Waals surface area contributed by atoms with Crippen molar-refractivity contribution in [2.24, 2.45) is 5.41 Å². The Kier molecular flexibility index (Phi) is 5.31. The lowest BCUT2D eigenvalue weighted by atomic mass is 9.88. The van der Waals surface area contributed by atoms with Gasteiger partial charge in [0.05, 0.1) is 12.0 Å². The van der Waals surface area contributed by atoms with Crippen LogP contribution in [-0.2, 0) is 4.79 Å². The van der Waals surface area contributed by atoms with Crippen LogP contribution in [0.3, 0.4) is 0 Å². The first-order valence-electron chi connectivity index (χ1n) is 6.70. The second-order valence-electron chi connectivity index (χ2n) is 5.73. The monoisotopic (exact) mass is 278 g/mol. The highest BCUT2D eigenvalue weighted by molar-refractivity contribution is 5.78. The molecule has 1 rings (SSSR count). The predicted molar refractivity (Wildman–Crippen MR) is 77.4 cm³/mol. The second-order valence-corrected chi connectivity index (χ2v) is 5.73. The Morgan fingerprint density at radius 2 is 1.95 bits per heavy atom. The van der Waals surface area contributed by atoms with Crippen molar-refractivity contribution < 1.29 is 19.4 Å². The highest BCUT2D eigenvalue weighted by atomic mass is 16.5. The largest absolute Gasteiger partial charge is 0.493 e. The number of aliphatic carboxylic acids is 1. The van der Waals surface area contributed by atoms with Gasteiger partial charge in [0.15, 0.2) is 0 Å². The van der Waals surface area contributed by atoms with Crippen LogP contribution in [0.5, 0.6) is 5.75 Å². The van der Waals surface area contributed by atoms with E-state index in [-0.39, 0.29) is 0 Å². The van der Waals surface area contributed by atoms with Crippen molar-refractivity contribution in [1.82, 2.24) is 0 Å². The molecule has 0 aliphatic heterocycles. The average Bonchev–Trinajstić information content (AvgIpc) is 2.37. The van der Waals surface area contributed by atoms with Crippen LogP contribution in [0, 0.1) is 19.3 Å². The van der Waals surface area contributed by atoms with Crippen molar-refractivity contribution in [2.45, 2.75) is 40.5 Å². The summed E-state index contributed by atoms with van der Waals surface area (Å²) in [7, 11) is 0. The van der Waals surface area contributed by atoms with Gasteiger partial charge in [0.25, 0.3) is 0 Å². The fraction of sp³-hybridized carbons (Fsp3) is 0.500. The molecular formula is C16H22O4. The van der Waals surface area contributed by atoms with Gasteiger partial charge < -0.3 is 9.84 Å². The molecule has 1 aromatic carbocycles. The summed E-state index contributed by atoms with van der Waals surface area (Å²) in [6, 6.07) is 3.65. The smallest absolute Gasteiger partial charge is 0.309 e. The number of carboxylic acids is 1. The summed E-state index contributed by atoms with van der Waals surface area (Å²) in [6.07, 6.45) is 2.07. The van der Waals surface area contributed by atoms with Gasteiger partial charge in [-0.15, -0.1) is 0 Å². The highest BCUT2D eigenvalue weighted by Gasteiger charge is 2.26. The predicted octanol–water partition coefficient (Wildman–Crippen LogP) is 3.39. The number of carboxylic acid groups (broad SMARTS) is 1. The number of carbonyl (C=O) groups excluding carboxylic acids is 1. The molecule has 0 aliphatic rings. The normalized spacial score (nSPS) is 11.2. The molecule has 0 amide bonds. The minimum atomic E-state index is -0.792. The van der Waals surface area contributed by atoms with Gasteiger partial charge in [0.1, 0.15) is 12.0 Å². The maximum atomic E-state index is 11.0. The average molecular weight is 278 g/mol. The van der Waals surface area contributed by atoms with E-state index in [1.54, 1.807) is 19.9 Å². The zero-order chi connectivity index (χ0) is 15.3. The molecular weight excluding hydrogens is 256 g/mol. The van der Waals surface area contributed by atoms with Gasteiger partial charge in [-0.05, 0) is 63.8 Å². The quantitative estimate of drug-likeness (QED) is 0.613. The summed E-state index contributed by atoms with van der Waals surface area (Å²) < 4.78 is 5.68. The maximum absolute atomic E-state index is 11.0. The molecule has 110 valence electrons. The topological polar surface area (TPSA) is 63.6 Å². The SMILES string of the molecule is Cc1cc(OCCCC(C)(C)C(=O)O)c(C)cc1C=O. The first-order valence-corrected chi connectivity index (χ1v) is 6.70. The molecule has 0 aliphatic carbocycles. The Labute approximate surface area is 119 Å². The highest BCUT2D eigenvalue weighted by Crippen LogP contribution is 2.25. The number of rotatable bonds is 7. The summed E-state index contributed by atoms with van der Waals surface area (Å²) >= 11 is 0. The van der Waals surface area contributed by atoms with E-state index >= 15 is 0 Å². The minimum Gasteiger partial charge on any atom is -0.493 e.